The molecule has 4 nitrogen and oxygen atoms in total. The molecule has 0 bridgehead atoms. The van der Waals surface area contributed by atoms with E-state index in [-0.39, 0.29) is 11.6 Å². The van der Waals surface area contributed by atoms with Gasteiger partial charge in [0.2, 0.25) is 5.88 Å². The SMILES string of the molecule is FC(F)(F)COc1ccc(Oc2cccc(C=C3CCNCC3)c2)nc1. The number of halogens is 3. The van der Waals surface area contributed by atoms with E-state index in [0.29, 0.717) is 5.75 Å². The highest BCUT2D eigenvalue weighted by Gasteiger charge is 2.28. The molecule has 0 radical (unpaired) electrons. The number of ether oxygens (including phenoxy) is 2. The Hall–Kier alpha value is -2.54. The number of alkyl halides is 3. The van der Waals surface area contributed by atoms with Crippen molar-refractivity contribution in [3.8, 4) is 17.4 Å². The van der Waals surface area contributed by atoms with Crippen molar-refractivity contribution in [3.63, 3.8) is 0 Å². The summed E-state index contributed by atoms with van der Waals surface area (Å²) in [5, 5.41) is 3.32. The number of piperidine rings is 1. The Kier molecular flexibility index (Phi) is 5.78. The summed E-state index contributed by atoms with van der Waals surface area (Å²) in [4.78, 5) is 3.98. The van der Waals surface area contributed by atoms with Crippen LogP contribution in [0.15, 0.2) is 48.2 Å². The van der Waals surface area contributed by atoms with Gasteiger partial charge in [-0.15, -0.1) is 0 Å². The first-order valence-corrected chi connectivity index (χ1v) is 8.32. The van der Waals surface area contributed by atoms with Gasteiger partial charge in [-0.3, -0.25) is 0 Å². The van der Waals surface area contributed by atoms with Crippen LogP contribution in [0, 0.1) is 0 Å². The highest BCUT2D eigenvalue weighted by Crippen LogP contribution is 2.25. The van der Waals surface area contributed by atoms with Crippen molar-refractivity contribution in [1.82, 2.24) is 10.3 Å². The normalized spacial score (nSPS) is 14.8. The molecule has 3 rings (SSSR count). The largest absolute Gasteiger partial charge is 0.483 e. The van der Waals surface area contributed by atoms with E-state index in [9.17, 15) is 13.2 Å². The molecule has 1 N–H and O–H groups in total. The molecule has 0 spiro atoms. The van der Waals surface area contributed by atoms with Crippen LogP contribution in [0.25, 0.3) is 6.08 Å². The van der Waals surface area contributed by atoms with E-state index in [1.165, 1.54) is 23.9 Å². The Morgan fingerprint density at radius 2 is 1.88 bits per heavy atom. The van der Waals surface area contributed by atoms with Crippen molar-refractivity contribution in [3.05, 3.63) is 53.7 Å². The summed E-state index contributed by atoms with van der Waals surface area (Å²) in [6, 6.07) is 10.5. The van der Waals surface area contributed by atoms with Gasteiger partial charge in [0.05, 0.1) is 6.20 Å². The predicted molar refractivity (Wildman–Crippen MR) is 92.4 cm³/mol. The quantitative estimate of drug-likeness (QED) is 0.843. The van der Waals surface area contributed by atoms with Gasteiger partial charge in [0.15, 0.2) is 6.61 Å². The Morgan fingerprint density at radius 1 is 1.08 bits per heavy atom. The summed E-state index contributed by atoms with van der Waals surface area (Å²) < 4.78 is 46.7. The number of benzene rings is 1. The monoisotopic (exact) mass is 364 g/mol. The van der Waals surface area contributed by atoms with Crippen LogP contribution in [-0.2, 0) is 0 Å². The average Bonchev–Trinajstić information content (AvgIpc) is 2.62. The molecule has 1 aromatic carbocycles. The third kappa shape index (κ3) is 5.77. The van der Waals surface area contributed by atoms with E-state index in [1.807, 2.05) is 18.2 Å². The summed E-state index contributed by atoms with van der Waals surface area (Å²) in [5.41, 5.74) is 2.44. The molecule has 2 heterocycles. The van der Waals surface area contributed by atoms with E-state index in [2.05, 4.69) is 21.1 Å². The zero-order valence-corrected chi connectivity index (χ0v) is 14.1. The number of hydrogen-bond donors (Lipinski definition) is 1. The van der Waals surface area contributed by atoms with Crippen LogP contribution < -0.4 is 14.8 Å². The van der Waals surface area contributed by atoms with Gasteiger partial charge in [-0.2, -0.15) is 13.2 Å². The third-order valence-electron chi connectivity index (χ3n) is 3.81. The van der Waals surface area contributed by atoms with Crippen LogP contribution in [0.1, 0.15) is 18.4 Å². The minimum atomic E-state index is -4.38. The lowest BCUT2D eigenvalue weighted by atomic mass is 10.0. The van der Waals surface area contributed by atoms with Gasteiger partial charge in [0.25, 0.3) is 0 Å². The fourth-order valence-electron chi connectivity index (χ4n) is 2.59. The molecular weight excluding hydrogens is 345 g/mol. The standard InChI is InChI=1S/C19H19F3N2O2/c20-19(21,22)13-25-17-4-5-18(24-12-17)26-16-3-1-2-15(11-16)10-14-6-8-23-9-7-14/h1-5,10-12,23H,6-9,13H2. The average molecular weight is 364 g/mol. The van der Waals surface area contributed by atoms with E-state index < -0.39 is 12.8 Å². The smallest absolute Gasteiger partial charge is 0.422 e. The molecule has 138 valence electrons. The van der Waals surface area contributed by atoms with Gasteiger partial charge in [0.1, 0.15) is 11.5 Å². The van der Waals surface area contributed by atoms with E-state index in [4.69, 9.17) is 4.74 Å². The van der Waals surface area contributed by atoms with Gasteiger partial charge >= 0.3 is 6.18 Å². The molecule has 1 fully saturated rings. The molecule has 1 aliphatic heterocycles. The van der Waals surface area contributed by atoms with Crippen molar-refractivity contribution in [2.75, 3.05) is 19.7 Å². The minimum absolute atomic E-state index is 0.0408. The second kappa shape index (κ2) is 8.23. The number of rotatable bonds is 5. The molecule has 7 heteroatoms. The molecule has 0 saturated carbocycles. The lowest BCUT2D eigenvalue weighted by molar-refractivity contribution is -0.153. The summed E-state index contributed by atoms with van der Waals surface area (Å²) in [5.74, 6) is 0.944. The first-order chi connectivity index (χ1) is 12.5. The van der Waals surface area contributed by atoms with Crippen molar-refractivity contribution >= 4 is 6.08 Å². The molecule has 26 heavy (non-hydrogen) atoms. The van der Waals surface area contributed by atoms with Crippen LogP contribution in [0.5, 0.6) is 17.4 Å². The Morgan fingerprint density at radius 3 is 2.58 bits per heavy atom. The summed E-state index contributed by atoms with van der Waals surface area (Å²) in [6.45, 7) is 0.643. The number of nitrogens with zero attached hydrogens (tertiary/aromatic N) is 1. The van der Waals surface area contributed by atoms with Crippen LogP contribution in [0.4, 0.5) is 13.2 Å². The van der Waals surface area contributed by atoms with E-state index in [0.717, 1.165) is 31.5 Å². The maximum Gasteiger partial charge on any atom is 0.422 e. The van der Waals surface area contributed by atoms with Crippen molar-refractivity contribution in [1.29, 1.82) is 0 Å². The molecular formula is C19H19F3N2O2. The van der Waals surface area contributed by atoms with Crippen LogP contribution in [0.3, 0.4) is 0 Å². The number of aromatic nitrogens is 1. The fraction of sp³-hybridized carbons (Fsp3) is 0.316. The van der Waals surface area contributed by atoms with Crippen molar-refractivity contribution in [2.24, 2.45) is 0 Å². The van der Waals surface area contributed by atoms with Gasteiger partial charge in [-0.1, -0.05) is 23.8 Å². The number of pyridine rings is 1. The highest BCUT2D eigenvalue weighted by atomic mass is 19.4. The maximum atomic E-state index is 12.1. The van der Waals surface area contributed by atoms with Gasteiger partial charge in [-0.05, 0) is 49.7 Å². The maximum absolute atomic E-state index is 12.1. The van der Waals surface area contributed by atoms with Crippen LogP contribution >= 0.6 is 0 Å². The minimum Gasteiger partial charge on any atom is -0.483 e. The van der Waals surface area contributed by atoms with Gasteiger partial charge in [0, 0.05) is 6.07 Å². The molecule has 0 aliphatic carbocycles. The van der Waals surface area contributed by atoms with Crippen molar-refractivity contribution < 1.29 is 22.6 Å². The second-order valence-corrected chi connectivity index (χ2v) is 5.96. The van der Waals surface area contributed by atoms with E-state index in [1.54, 1.807) is 6.07 Å². The predicted octanol–water partition coefficient (Wildman–Crippen LogP) is 4.58. The lowest BCUT2D eigenvalue weighted by Gasteiger charge is -2.15. The zero-order valence-electron chi connectivity index (χ0n) is 14.1. The molecule has 1 aliphatic rings. The Bertz CT molecular complexity index is 750. The summed E-state index contributed by atoms with van der Waals surface area (Å²) in [7, 11) is 0. The molecule has 2 aromatic rings. The summed E-state index contributed by atoms with van der Waals surface area (Å²) in [6.07, 6.45) is 1.06. The Balaban J connectivity index is 1.62. The first kappa shape index (κ1) is 18.3. The number of hydrogen-bond acceptors (Lipinski definition) is 4. The topological polar surface area (TPSA) is 43.4 Å². The second-order valence-electron chi connectivity index (χ2n) is 5.96. The fourth-order valence-corrected chi connectivity index (χ4v) is 2.59. The van der Waals surface area contributed by atoms with Crippen molar-refractivity contribution in [2.45, 2.75) is 19.0 Å². The molecule has 0 atom stereocenters. The molecule has 1 saturated heterocycles. The highest BCUT2D eigenvalue weighted by molar-refractivity contribution is 5.55. The van der Waals surface area contributed by atoms with Gasteiger partial charge in [-0.25, -0.2) is 4.98 Å². The first-order valence-electron chi connectivity index (χ1n) is 8.32. The third-order valence-corrected chi connectivity index (χ3v) is 3.81. The number of nitrogens with one attached hydrogen (secondary N) is 1. The molecule has 0 amide bonds. The van der Waals surface area contributed by atoms with E-state index >= 15 is 0 Å². The van der Waals surface area contributed by atoms with Crippen LogP contribution in [0.2, 0.25) is 0 Å². The zero-order chi connectivity index (χ0) is 18.4. The molecule has 1 aromatic heterocycles. The lowest BCUT2D eigenvalue weighted by Crippen LogP contribution is -2.22. The molecule has 0 unspecified atom stereocenters. The Labute approximate surface area is 149 Å². The van der Waals surface area contributed by atoms with Crippen LogP contribution in [-0.4, -0.2) is 30.9 Å². The summed E-state index contributed by atoms with van der Waals surface area (Å²) >= 11 is 0. The van der Waals surface area contributed by atoms with Gasteiger partial charge < -0.3 is 14.8 Å².